The van der Waals surface area contributed by atoms with Crippen molar-refractivity contribution < 1.29 is 9.66 Å². The van der Waals surface area contributed by atoms with Gasteiger partial charge < -0.3 is 4.74 Å². The first-order chi connectivity index (χ1) is 18.4. The molecule has 1 fully saturated rings. The van der Waals surface area contributed by atoms with E-state index in [1.54, 1.807) is 36.5 Å². The zero-order valence-corrected chi connectivity index (χ0v) is 22.7. The van der Waals surface area contributed by atoms with Gasteiger partial charge in [0.05, 0.1) is 26.5 Å². The Hall–Kier alpha value is -3.56. The molecule has 0 radical (unpaired) electrons. The first kappa shape index (κ1) is 26.1. The van der Waals surface area contributed by atoms with Gasteiger partial charge in [0.1, 0.15) is 18.2 Å². The van der Waals surface area contributed by atoms with Crippen LogP contribution in [0.1, 0.15) is 55.0 Å². The van der Waals surface area contributed by atoms with E-state index < -0.39 is 4.92 Å². The molecule has 194 valence electrons. The standard InChI is InChI=1S/C28H24BrClN4O4/c29-24-15-21(30)14-20(26(24)38-17-18-7-6-10-22(13-18)34(36)37)16-31-33-27(19-8-2-1-3-9-19)32-25-12-5-4-11-23(25)28(33)35/h4-7,10-16,19H,1-3,8-9,17H2. The van der Waals surface area contributed by atoms with E-state index in [-0.39, 0.29) is 23.8 Å². The molecule has 4 aromatic rings. The van der Waals surface area contributed by atoms with Crippen molar-refractivity contribution in [1.29, 1.82) is 0 Å². The number of nitro groups is 1. The maximum atomic E-state index is 13.5. The molecule has 0 bridgehead atoms. The molecular formula is C28H24BrClN4O4. The Balaban J connectivity index is 1.53. The van der Waals surface area contributed by atoms with E-state index in [1.807, 2.05) is 18.2 Å². The highest BCUT2D eigenvalue weighted by Gasteiger charge is 2.22. The number of fused-ring (bicyclic) bond motifs is 1. The first-order valence-corrected chi connectivity index (χ1v) is 13.5. The van der Waals surface area contributed by atoms with Crippen molar-refractivity contribution in [2.75, 3.05) is 0 Å². The second-order valence-electron chi connectivity index (χ2n) is 9.21. The average molecular weight is 596 g/mol. The van der Waals surface area contributed by atoms with Gasteiger partial charge in [-0.15, -0.1) is 0 Å². The Labute approximate surface area is 232 Å². The highest BCUT2D eigenvalue weighted by atomic mass is 79.9. The Morgan fingerprint density at radius 2 is 1.92 bits per heavy atom. The van der Waals surface area contributed by atoms with Gasteiger partial charge in [-0.25, -0.2) is 4.98 Å². The van der Waals surface area contributed by atoms with Crippen molar-refractivity contribution in [2.24, 2.45) is 5.10 Å². The second kappa shape index (κ2) is 11.4. The zero-order chi connectivity index (χ0) is 26.6. The minimum atomic E-state index is -0.445. The van der Waals surface area contributed by atoms with E-state index in [0.717, 1.165) is 25.7 Å². The topological polar surface area (TPSA) is 99.6 Å². The third-order valence-electron chi connectivity index (χ3n) is 6.60. The minimum absolute atomic E-state index is 0.0125. The molecule has 0 spiro atoms. The fraction of sp³-hybridized carbons (Fsp3) is 0.250. The molecule has 1 aromatic heterocycles. The fourth-order valence-electron chi connectivity index (χ4n) is 4.74. The van der Waals surface area contributed by atoms with E-state index in [0.29, 0.717) is 43.1 Å². The SMILES string of the molecule is O=c1c2ccccc2nc(C2CCCCC2)n1N=Cc1cc(Cl)cc(Br)c1OCc1cccc([N+](=O)[O-])c1. The summed E-state index contributed by atoms with van der Waals surface area (Å²) in [6, 6.07) is 16.9. The highest BCUT2D eigenvalue weighted by molar-refractivity contribution is 9.10. The van der Waals surface area contributed by atoms with Crippen LogP contribution in [0.15, 0.2) is 75.0 Å². The lowest BCUT2D eigenvalue weighted by Crippen LogP contribution is -2.25. The first-order valence-electron chi connectivity index (χ1n) is 12.3. The summed E-state index contributed by atoms with van der Waals surface area (Å²) in [7, 11) is 0. The van der Waals surface area contributed by atoms with E-state index in [4.69, 9.17) is 21.3 Å². The third kappa shape index (κ3) is 5.63. The average Bonchev–Trinajstić information content (AvgIpc) is 2.92. The molecule has 38 heavy (non-hydrogen) atoms. The summed E-state index contributed by atoms with van der Waals surface area (Å²) in [5, 5.41) is 16.7. The van der Waals surface area contributed by atoms with Crippen molar-refractivity contribution in [1.82, 2.24) is 9.66 Å². The van der Waals surface area contributed by atoms with Gasteiger partial charge >= 0.3 is 0 Å². The summed E-state index contributed by atoms with van der Waals surface area (Å²) >= 11 is 9.84. The normalized spacial score (nSPS) is 14.3. The second-order valence-corrected chi connectivity index (χ2v) is 10.5. The predicted molar refractivity (Wildman–Crippen MR) is 151 cm³/mol. The number of hydrogen-bond acceptors (Lipinski definition) is 6. The number of hydrogen-bond donors (Lipinski definition) is 0. The molecule has 0 unspecified atom stereocenters. The summed E-state index contributed by atoms with van der Waals surface area (Å²) < 4.78 is 8.05. The highest BCUT2D eigenvalue weighted by Crippen LogP contribution is 2.34. The van der Waals surface area contributed by atoms with Crippen LogP contribution in [0, 0.1) is 10.1 Å². The van der Waals surface area contributed by atoms with Crippen molar-refractivity contribution in [3.05, 3.63) is 108 Å². The predicted octanol–water partition coefficient (Wildman–Crippen LogP) is 7.23. The Morgan fingerprint density at radius 3 is 2.71 bits per heavy atom. The van der Waals surface area contributed by atoms with E-state index in [9.17, 15) is 14.9 Å². The number of nitrogens with zero attached hydrogens (tertiary/aromatic N) is 4. The Morgan fingerprint density at radius 1 is 1.13 bits per heavy atom. The molecule has 5 rings (SSSR count). The molecule has 1 aliphatic rings. The van der Waals surface area contributed by atoms with Gasteiger partial charge in [0, 0.05) is 28.6 Å². The summed E-state index contributed by atoms with van der Waals surface area (Å²) in [6.07, 6.45) is 6.83. The molecule has 3 aromatic carbocycles. The zero-order valence-electron chi connectivity index (χ0n) is 20.3. The maximum absolute atomic E-state index is 13.5. The van der Waals surface area contributed by atoms with Crippen molar-refractivity contribution >= 4 is 50.3 Å². The molecule has 0 saturated heterocycles. The summed E-state index contributed by atoms with van der Waals surface area (Å²) in [5.74, 6) is 1.25. The summed E-state index contributed by atoms with van der Waals surface area (Å²) in [6.45, 7) is 0.0908. The molecule has 1 aliphatic carbocycles. The molecule has 1 saturated carbocycles. The lowest BCUT2D eigenvalue weighted by molar-refractivity contribution is -0.384. The maximum Gasteiger partial charge on any atom is 0.282 e. The van der Waals surface area contributed by atoms with Crippen molar-refractivity contribution in [3.8, 4) is 5.75 Å². The molecule has 10 heteroatoms. The van der Waals surface area contributed by atoms with Gasteiger partial charge in [-0.1, -0.05) is 55.1 Å². The van der Waals surface area contributed by atoms with Crippen LogP contribution in [0.4, 0.5) is 5.69 Å². The smallest absolute Gasteiger partial charge is 0.282 e. The molecule has 0 atom stereocenters. The van der Waals surface area contributed by atoms with Crippen LogP contribution in [0.25, 0.3) is 10.9 Å². The number of rotatable bonds is 7. The molecular weight excluding hydrogens is 572 g/mol. The lowest BCUT2D eigenvalue weighted by atomic mass is 9.88. The van der Waals surface area contributed by atoms with Crippen LogP contribution in [-0.4, -0.2) is 20.8 Å². The quantitative estimate of drug-likeness (QED) is 0.127. The largest absolute Gasteiger partial charge is 0.487 e. The van der Waals surface area contributed by atoms with Gasteiger partial charge in [-0.3, -0.25) is 14.9 Å². The Bertz CT molecular complexity index is 1600. The minimum Gasteiger partial charge on any atom is -0.487 e. The van der Waals surface area contributed by atoms with Crippen LogP contribution in [0.2, 0.25) is 5.02 Å². The monoisotopic (exact) mass is 594 g/mol. The molecule has 1 heterocycles. The van der Waals surface area contributed by atoms with Crippen molar-refractivity contribution in [3.63, 3.8) is 0 Å². The number of non-ortho nitro benzene ring substituents is 1. The van der Waals surface area contributed by atoms with E-state index in [2.05, 4.69) is 21.0 Å². The molecule has 0 N–H and O–H groups in total. The van der Waals surface area contributed by atoms with Gasteiger partial charge in [-0.05, 0) is 58.6 Å². The molecule has 0 amide bonds. The number of nitro benzene ring substituents is 1. The number of benzene rings is 3. The number of para-hydroxylation sites is 1. The van der Waals surface area contributed by atoms with Gasteiger partial charge in [0.25, 0.3) is 11.2 Å². The number of aromatic nitrogens is 2. The summed E-state index contributed by atoms with van der Waals surface area (Å²) in [5.41, 5.74) is 1.60. The molecule has 0 aliphatic heterocycles. The van der Waals surface area contributed by atoms with Crippen molar-refractivity contribution in [2.45, 2.75) is 44.6 Å². The van der Waals surface area contributed by atoms with Gasteiger partial charge in [0.15, 0.2) is 0 Å². The van der Waals surface area contributed by atoms with Gasteiger partial charge in [0.2, 0.25) is 0 Å². The van der Waals surface area contributed by atoms with Crippen LogP contribution in [0.5, 0.6) is 5.75 Å². The fourth-order valence-corrected chi connectivity index (χ4v) is 5.69. The van der Waals surface area contributed by atoms with Gasteiger partial charge in [-0.2, -0.15) is 9.78 Å². The van der Waals surface area contributed by atoms with Crippen LogP contribution in [0.3, 0.4) is 0 Å². The Kier molecular flexibility index (Phi) is 7.85. The van der Waals surface area contributed by atoms with E-state index in [1.165, 1.54) is 23.2 Å². The lowest BCUT2D eigenvalue weighted by Gasteiger charge is -2.22. The van der Waals surface area contributed by atoms with Crippen LogP contribution in [-0.2, 0) is 6.61 Å². The van der Waals surface area contributed by atoms with E-state index >= 15 is 0 Å². The third-order valence-corrected chi connectivity index (χ3v) is 7.41. The van der Waals surface area contributed by atoms with Crippen LogP contribution < -0.4 is 10.3 Å². The van der Waals surface area contributed by atoms with Crippen LogP contribution >= 0.6 is 27.5 Å². The summed E-state index contributed by atoms with van der Waals surface area (Å²) in [4.78, 5) is 29.1. The molecule has 8 nitrogen and oxygen atoms in total. The number of halogens is 2. The number of ether oxygens (including phenoxy) is 1.